The number of nitrogens with zero attached hydrogens (tertiary/aromatic N) is 3. The van der Waals surface area contributed by atoms with Gasteiger partial charge in [0.1, 0.15) is 6.07 Å². The predicted octanol–water partition coefficient (Wildman–Crippen LogP) is 5.59. The molecule has 1 atom stereocenters. The van der Waals surface area contributed by atoms with Gasteiger partial charge in [-0.1, -0.05) is 42.5 Å². The van der Waals surface area contributed by atoms with Crippen molar-refractivity contribution in [1.29, 1.82) is 5.26 Å². The van der Waals surface area contributed by atoms with Crippen molar-refractivity contribution in [2.24, 2.45) is 0 Å². The first-order chi connectivity index (χ1) is 14.0. The van der Waals surface area contributed by atoms with Gasteiger partial charge in [0.25, 0.3) is 0 Å². The molecule has 0 unspecified atom stereocenters. The predicted molar refractivity (Wildman–Crippen MR) is 105 cm³/mol. The van der Waals surface area contributed by atoms with E-state index in [1.165, 1.54) is 12.1 Å². The molecule has 1 aromatic heterocycles. The second kappa shape index (κ2) is 7.44. The second-order valence-corrected chi connectivity index (χ2v) is 6.68. The monoisotopic (exact) mass is 391 g/mol. The Balaban J connectivity index is 1.87. The maximum Gasteiger partial charge on any atom is 0.416 e. The summed E-state index contributed by atoms with van der Waals surface area (Å²) < 4.78 is 39.1. The number of alkyl halides is 3. The van der Waals surface area contributed by atoms with Gasteiger partial charge in [0.05, 0.1) is 22.9 Å². The van der Waals surface area contributed by atoms with Gasteiger partial charge >= 0.3 is 6.18 Å². The molecule has 0 saturated carbocycles. The number of para-hydroxylation sites is 1. The van der Waals surface area contributed by atoms with Crippen LogP contribution >= 0.6 is 0 Å². The van der Waals surface area contributed by atoms with Crippen LogP contribution in [0.15, 0.2) is 72.9 Å². The summed E-state index contributed by atoms with van der Waals surface area (Å²) in [6.07, 6.45) is 1.20. The first-order valence-electron chi connectivity index (χ1n) is 9.03. The Bertz CT molecular complexity index is 1100. The number of hydrogen-bond donors (Lipinski definition) is 0. The average molecular weight is 391 g/mol. The summed E-state index contributed by atoms with van der Waals surface area (Å²) in [7, 11) is 0. The lowest BCUT2D eigenvalue weighted by molar-refractivity contribution is -0.137. The fourth-order valence-electron chi connectivity index (χ4n) is 3.60. The molecule has 0 saturated heterocycles. The van der Waals surface area contributed by atoms with E-state index in [0.29, 0.717) is 23.4 Å². The number of fused-ring (bicyclic) bond motifs is 1. The highest BCUT2D eigenvalue weighted by molar-refractivity contribution is 5.72. The summed E-state index contributed by atoms with van der Waals surface area (Å²) in [5.74, 6) is 0. The highest BCUT2D eigenvalue weighted by atomic mass is 19.4. The van der Waals surface area contributed by atoms with Crippen molar-refractivity contribution in [3.63, 3.8) is 0 Å². The molecule has 144 valence electrons. The molecular formula is C23H16F3N3. The Hall–Kier alpha value is -3.59. The van der Waals surface area contributed by atoms with Gasteiger partial charge in [0.15, 0.2) is 0 Å². The van der Waals surface area contributed by atoms with E-state index in [1.807, 2.05) is 36.4 Å². The van der Waals surface area contributed by atoms with Crippen LogP contribution in [0.4, 0.5) is 18.9 Å². The third kappa shape index (κ3) is 3.59. The van der Waals surface area contributed by atoms with Crippen LogP contribution in [0.1, 0.15) is 34.0 Å². The van der Waals surface area contributed by atoms with E-state index in [0.717, 1.165) is 23.4 Å². The minimum absolute atomic E-state index is 0.393. The molecule has 0 amide bonds. The zero-order valence-corrected chi connectivity index (χ0v) is 15.3. The molecule has 1 aliphatic heterocycles. The lowest BCUT2D eigenvalue weighted by atomic mass is 9.94. The molecule has 0 aliphatic carbocycles. The lowest BCUT2D eigenvalue weighted by Gasteiger charge is -2.36. The Labute approximate surface area is 166 Å². The molecule has 4 rings (SSSR count). The fourth-order valence-corrected chi connectivity index (χ4v) is 3.60. The van der Waals surface area contributed by atoms with E-state index < -0.39 is 17.8 Å². The first-order valence-corrected chi connectivity index (χ1v) is 9.03. The molecule has 6 heteroatoms. The molecule has 29 heavy (non-hydrogen) atoms. The second-order valence-electron chi connectivity index (χ2n) is 6.68. The highest BCUT2D eigenvalue weighted by Crippen LogP contribution is 2.38. The molecule has 3 aromatic rings. The van der Waals surface area contributed by atoms with E-state index in [9.17, 15) is 18.4 Å². The summed E-state index contributed by atoms with van der Waals surface area (Å²) >= 11 is 0. The lowest BCUT2D eigenvalue weighted by Crippen LogP contribution is -2.33. The van der Waals surface area contributed by atoms with Gasteiger partial charge in [-0.2, -0.15) is 18.4 Å². The van der Waals surface area contributed by atoms with E-state index in [-0.39, 0.29) is 0 Å². The summed E-state index contributed by atoms with van der Waals surface area (Å²) in [4.78, 5) is 6.49. The van der Waals surface area contributed by atoms with E-state index in [1.54, 1.807) is 18.3 Å². The van der Waals surface area contributed by atoms with Crippen LogP contribution in [0.2, 0.25) is 0 Å². The normalized spacial score (nSPS) is 14.2. The number of aromatic nitrogens is 1. The Morgan fingerprint density at radius 1 is 1.00 bits per heavy atom. The maximum atomic E-state index is 13.0. The SMILES string of the molecule is N#Cc1cccnc1[C@H](c1ccc(C(F)(F)F)cc1)N1CC=Cc2ccccc21. The number of nitriles is 1. The van der Waals surface area contributed by atoms with Gasteiger partial charge in [0, 0.05) is 18.4 Å². The summed E-state index contributed by atoms with van der Waals surface area (Å²) in [6.45, 7) is 0.546. The number of pyridine rings is 1. The molecular weight excluding hydrogens is 375 g/mol. The van der Waals surface area contributed by atoms with Crippen molar-refractivity contribution in [2.75, 3.05) is 11.4 Å². The average Bonchev–Trinajstić information content (AvgIpc) is 2.74. The van der Waals surface area contributed by atoms with Crippen molar-refractivity contribution < 1.29 is 13.2 Å². The van der Waals surface area contributed by atoms with Crippen molar-refractivity contribution in [1.82, 2.24) is 4.98 Å². The van der Waals surface area contributed by atoms with E-state index >= 15 is 0 Å². The zero-order chi connectivity index (χ0) is 20.4. The van der Waals surface area contributed by atoms with Crippen molar-refractivity contribution in [2.45, 2.75) is 12.2 Å². The third-order valence-corrected chi connectivity index (χ3v) is 4.93. The van der Waals surface area contributed by atoms with Crippen LogP contribution in [-0.2, 0) is 6.18 Å². The van der Waals surface area contributed by atoms with Crippen LogP contribution in [0.5, 0.6) is 0 Å². The first kappa shape index (κ1) is 18.8. The Morgan fingerprint density at radius 2 is 1.76 bits per heavy atom. The summed E-state index contributed by atoms with van der Waals surface area (Å²) in [5, 5.41) is 9.59. The maximum absolute atomic E-state index is 13.0. The van der Waals surface area contributed by atoms with Crippen LogP contribution in [0, 0.1) is 11.3 Å². The summed E-state index contributed by atoms with van der Waals surface area (Å²) in [6, 6.07) is 17.9. The zero-order valence-electron chi connectivity index (χ0n) is 15.3. The number of hydrogen-bond acceptors (Lipinski definition) is 3. The van der Waals surface area contributed by atoms with Gasteiger partial charge < -0.3 is 4.90 Å². The van der Waals surface area contributed by atoms with Crippen LogP contribution in [0.25, 0.3) is 6.08 Å². The largest absolute Gasteiger partial charge is 0.416 e. The molecule has 2 aromatic carbocycles. The minimum Gasteiger partial charge on any atom is -0.355 e. The van der Waals surface area contributed by atoms with Crippen molar-refractivity contribution in [3.05, 3.63) is 101 Å². The van der Waals surface area contributed by atoms with E-state index in [2.05, 4.69) is 16.0 Å². The quantitative estimate of drug-likeness (QED) is 0.584. The van der Waals surface area contributed by atoms with Crippen molar-refractivity contribution >= 4 is 11.8 Å². The van der Waals surface area contributed by atoms with Crippen LogP contribution in [-0.4, -0.2) is 11.5 Å². The topological polar surface area (TPSA) is 39.9 Å². The van der Waals surface area contributed by atoms with Crippen LogP contribution < -0.4 is 4.90 Å². The molecule has 0 bridgehead atoms. The van der Waals surface area contributed by atoms with Gasteiger partial charge in [-0.15, -0.1) is 0 Å². The molecule has 2 heterocycles. The molecule has 0 spiro atoms. The fraction of sp³-hybridized carbons (Fsp3) is 0.130. The minimum atomic E-state index is -4.41. The van der Waals surface area contributed by atoms with Gasteiger partial charge in [0.2, 0.25) is 0 Å². The van der Waals surface area contributed by atoms with Gasteiger partial charge in [-0.25, -0.2) is 0 Å². The molecule has 0 radical (unpaired) electrons. The highest BCUT2D eigenvalue weighted by Gasteiger charge is 2.32. The molecule has 1 aliphatic rings. The standard InChI is InChI=1S/C23H16F3N3/c24-23(25,26)19-11-9-17(10-12-19)22(21-18(15-27)6-3-13-28-21)29-14-4-7-16-5-1-2-8-20(16)29/h1-13,22H,14H2/t22-/m0/s1. The molecule has 3 nitrogen and oxygen atoms in total. The Morgan fingerprint density at radius 3 is 2.48 bits per heavy atom. The summed E-state index contributed by atoms with van der Waals surface area (Å²) in [5.41, 5.74) is 2.78. The van der Waals surface area contributed by atoms with E-state index in [4.69, 9.17) is 0 Å². The van der Waals surface area contributed by atoms with Crippen molar-refractivity contribution in [3.8, 4) is 6.07 Å². The number of halogens is 3. The number of rotatable bonds is 3. The number of benzene rings is 2. The Kier molecular flexibility index (Phi) is 4.81. The van der Waals surface area contributed by atoms with Gasteiger partial charge in [-0.05, 0) is 41.5 Å². The third-order valence-electron chi connectivity index (χ3n) is 4.93. The van der Waals surface area contributed by atoms with Gasteiger partial charge in [-0.3, -0.25) is 4.98 Å². The molecule has 0 fully saturated rings. The molecule has 0 N–H and O–H groups in total. The number of anilines is 1. The smallest absolute Gasteiger partial charge is 0.355 e. The van der Waals surface area contributed by atoms with Crippen LogP contribution in [0.3, 0.4) is 0 Å².